The molecule has 0 bridgehead atoms. The van der Waals surface area contributed by atoms with E-state index in [0.29, 0.717) is 10.9 Å². The number of aromatic carboxylic acids is 1. The summed E-state index contributed by atoms with van der Waals surface area (Å²) in [5.74, 6) is -1.12. The maximum absolute atomic E-state index is 12.0. The van der Waals surface area contributed by atoms with Crippen molar-refractivity contribution < 1.29 is 18.3 Å². The average Bonchev–Trinajstić information content (AvgIpc) is 2.24. The number of carboxylic acid groups (broad SMARTS) is 1. The average molecular weight is 364 g/mol. The van der Waals surface area contributed by atoms with Crippen molar-refractivity contribution in [3.63, 3.8) is 0 Å². The Morgan fingerprint density at radius 3 is 2.40 bits per heavy atom. The van der Waals surface area contributed by atoms with Crippen LogP contribution in [0.15, 0.2) is 22.7 Å². The van der Waals surface area contributed by atoms with Crippen LogP contribution in [-0.2, 0) is 10.0 Å². The van der Waals surface area contributed by atoms with Crippen molar-refractivity contribution in [1.29, 1.82) is 0 Å². The highest BCUT2D eigenvalue weighted by Crippen LogP contribution is 2.23. The molecule has 0 spiro atoms. The Kier molecular flexibility index (Phi) is 5.21. The zero-order valence-corrected chi connectivity index (χ0v) is 14.0. The molecule has 7 heteroatoms. The van der Waals surface area contributed by atoms with Crippen LogP contribution in [-0.4, -0.2) is 25.2 Å². The van der Waals surface area contributed by atoms with Crippen molar-refractivity contribution in [2.45, 2.75) is 27.2 Å². The van der Waals surface area contributed by atoms with Gasteiger partial charge in [-0.05, 0) is 30.0 Å². The molecule has 0 saturated carbocycles. The number of nitrogens with one attached hydrogen (secondary N) is 1. The van der Waals surface area contributed by atoms with Gasteiger partial charge in [0, 0.05) is 4.47 Å². The maximum Gasteiger partial charge on any atom is 0.335 e. The quantitative estimate of drug-likeness (QED) is 0.840. The van der Waals surface area contributed by atoms with E-state index in [9.17, 15) is 13.2 Å². The molecular weight excluding hydrogens is 346 g/mol. The minimum atomic E-state index is -3.49. The summed E-state index contributed by atoms with van der Waals surface area (Å²) in [4.78, 5) is 10.9. The Morgan fingerprint density at radius 2 is 1.90 bits per heavy atom. The van der Waals surface area contributed by atoms with Crippen LogP contribution < -0.4 is 4.72 Å². The molecule has 0 unspecified atom stereocenters. The van der Waals surface area contributed by atoms with Gasteiger partial charge < -0.3 is 5.11 Å². The number of rotatable bonds is 5. The third-order valence-corrected chi connectivity index (χ3v) is 4.29. The van der Waals surface area contributed by atoms with E-state index >= 15 is 0 Å². The molecule has 2 N–H and O–H groups in total. The van der Waals surface area contributed by atoms with Crippen LogP contribution in [0.3, 0.4) is 0 Å². The van der Waals surface area contributed by atoms with Crippen molar-refractivity contribution in [3.8, 4) is 0 Å². The van der Waals surface area contributed by atoms with Crippen LogP contribution in [0.5, 0.6) is 0 Å². The molecule has 112 valence electrons. The fourth-order valence-electron chi connectivity index (χ4n) is 1.44. The molecule has 0 aliphatic heterocycles. The van der Waals surface area contributed by atoms with Gasteiger partial charge in [-0.25, -0.2) is 13.2 Å². The highest BCUT2D eigenvalue weighted by Gasteiger charge is 2.18. The van der Waals surface area contributed by atoms with E-state index in [1.807, 2.05) is 20.8 Å². The van der Waals surface area contributed by atoms with Crippen LogP contribution in [0.25, 0.3) is 0 Å². The summed E-state index contributed by atoms with van der Waals surface area (Å²) < 4.78 is 26.8. The first-order valence-electron chi connectivity index (χ1n) is 6.03. The number of carboxylic acids is 1. The number of carbonyl (C=O) groups is 1. The molecule has 0 aromatic heterocycles. The van der Waals surface area contributed by atoms with Gasteiger partial charge in [0.25, 0.3) is 0 Å². The summed E-state index contributed by atoms with van der Waals surface area (Å²) in [6.45, 7) is 5.89. The lowest BCUT2D eigenvalue weighted by molar-refractivity contribution is 0.0697. The summed E-state index contributed by atoms with van der Waals surface area (Å²) in [5, 5.41) is 8.94. The van der Waals surface area contributed by atoms with Gasteiger partial charge in [0.1, 0.15) is 0 Å². The molecule has 0 aliphatic rings. The van der Waals surface area contributed by atoms with Gasteiger partial charge in [0.2, 0.25) is 10.0 Å². The second kappa shape index (κ2) is 6.13. The minimum Gasteiger partial charge on any atom is -0.478 e. The van der Waals surface area contributed by atoms with Crippen LogP contribution in [0, 0.1) is 5.41 Å². The first-order chi connectivity index (χ1) is 8.98. The summed E-state index contributed by atoms with van der Waals surface area (Å²) >= 11 is 3.16. The number of sulfonamides is 1. The van der Waals surface area contributed by atoms with E-state index in [-0.39, 0.29) is 22.4 Å². The molecule has 0 aliphatic carbocycles. The van der Waals surface area contributed by atoms with Crippen molar-refractivity contribution >= 4 is 37.6 Å². The molecule has 1 aromatic rings. The van der Waals surface area contributed by atoms with Gasteiger partial charge >= 0.3 is 5.97 Å². The van der Waals surface area contributed by atoms with E-state index in [2.05, 4.69) is 20.7 Å². The van der Waals surface area contributed by atoms with Crippen LogP contribution in [0.2, 0.25) is 0 Å². The lowest BCUT2D eigenvalue weighted by Crippen LogP contribution is -2.21. The van der Waals surface area contributed by atoms with E-state index in [1.54, 1.807) is 0 Å². The molecule has 1 rings (SSSR count). The molecule has 5 nitrogen and oxygen atoms in total. The lowest BCUT2D eigenvalue weighted by Gasteiger charge is -2.18. The first kappa shape index (κ1) is 17.0. The molecule has 20 heavy (non-hydrogen) atoms. The second-order valence-electron chi connectivity index (χ2n) is 5.77. The largest absolute Gasteiger partial charge is 0.478 e. The fraction of sp³-hybridized carbons (Fsp3) is 0.462. The Labute approximate surface area is 127 Å². The Balaban J connectivity index is 2.90. The summed E-state index contributed by atoms with van der Waals surface area (Å²) in [5.41, 5.74) is 0.178. The van der Waals surface area contributed by atoms with Crippen molar-refractivity contribution in [1.82, 2.24) is 0 Å². The fourth-order valence-corrected chi connectivity index (χ4v) is 3.40. The van der Waals surface area contributed by atoms with Crippen LogP contribution >= 0.6 is 15.9 Å². The first-order valence-corrected chi connectivity index (χ1v) is 8.47. The number of anilines is 1. The van der Waals surface area contributed by atoms with Gasteiger partial charge in [-0.15, -0.1) is 0 Å². The molecule has 0 heterocycles. The minimum absolute atomic E-state index is 0.00851. The molecule has 0 radical (unpaired) electrons. The van der Waals surface area contributed by atoms with Crippen LogP contribution in [0.4, 0.5) is 5.69 Å². The Hall–Kier alpha value is -1.08. The number of benzene rings is 1. The lowest BCUT2D eigenvalue weighted by atomic mass is 9.94. The SMILES string of the molecule is CC(C)(C)CCS(=O)(=O)Nc1cc(Br)cc(C(=O)O)c1. The third kappa shape index (κ3) is 5.92. The number of hydrogen-bond acceptors (Lipinski definition) is 3. The van der Waals surface area contributed by atoms with Crippen LogP contribution in [0.1, 0.15) is 37.6 Å². The van der Waals surface area contributed by atoms with Crippen molar-refractivity contribution in [2.75, 3.05) is 10.5 Å². The predicted molar refractivity (Wildman–Crippen MR) is 82.6 cm³/mol. The molecule has 0 saturated heterocycles. The zero-order valence-electron chi connectivity index (χ0n) is 11.6. The van der Waals surface area contributed by atoms with Gasteiger partial charge in [0.05, 0.1) is 17.0 Å². The van der Waals surface area contributed by atoms with Crippen molar-refractivity contribution in [3.05, 3.63) is 28.2 Å². The summed E-state index contributed by atoms with van der Waals surface area (Å²) in [6.07, 6.45) is 0.516. The van der Waals surface area contributed by atoms with E-state index < -0.39 is 16.0 Å². The van der Waals surface area contributed by atoms with Crippen molar-refractivity contribution in [2.24, 2.45) is 5.41 Å². The van der Waals surface area contributed by atoms with Gasteiger partial charge in [0.15, 0.2) is 0 Å². The molecule has 0 amide bonds. The van der Waals surface area contributed by atoms with E-state index in [1.165, 1.54) is 18.2 Å². The standard InChI is InChI=1S/C13H18BrNO4S/c1-13(2,3)4-5-20(18,19)15-11-7-9(12(16)17)6-10(14)8-11/h6-8,15H,4-5H2,1-3H3,(H,16,17). The normalized spacial score (nSPS) is 12.2. The number of hydrogen-bond donors (Lipinski definition) is 2. The second-order valence-corrected chi connectivity index (χ2v) is 8.52. The van der Waals surface area contributed by atoms with Gasteiger partial charge in [-0.1, -0.05) is 36.7 Å². The summed E-state index contributed by atoms with van der Waals surface area (Å²) in [6, 6.07) is 4.23. The van der Waals surface area contributed by atoms with E-state index in [0.717, 1.165) is 0 Å². The summed E-state index contributed by atoms with van der Waals surface area (Å²) in [7, 11) is -3.49. The molecule has 0 atom stereocenters. The Morgan fingerprint density at radius 1 is 1.30 bits per heavy atom. The van der Waals surface area contributed by atoms with Gasteiger partial charge in [-0.2, -0.15) is 0 Å². The smallest absolute Gasteiger partial charge is 0.335 e. The topological polar surface area (TPSA) is 83.5 Å². The van der Waals surface area contributed by atoms with Gasteiger partial charge in [-0.3, -0.25) is 4.72 Å². The molecule has 0 fully saturated rings. The monoisotopic (exact) mass is 363 g/mol. The number of halogens is 1. The Bertz CT molecular complexity index is 605. The third-order valence-electron chi connectivity index (χ3n) is 2.54. The molecular formula is C13H18BrNO4S. The predicted octanol–water partition coefficient (Wildman–Crippen LogP) is 3.33. The maximum atomic E-state index is 12.0. The molecule has 1 aromatic carbocycles. The highest BCUT2D eigenvalue weighted by atomic mass is 79.9. The zero-order chi connectivity index (χ0) is 15.6. The van der Waals surface area contributed by atoms with E-state index in [4.69, 9.17) is 5.11 Å². The highest BCUT2D eigenvalue weighted by molar-refractivity contribution is 9.10.